The summed E-state index contributed by atoms with van der Waals surface area (Å²) in [4.78, 5) is 12.5. The van der Waals surface area contributed by atoms with E-state index in [4.69, 9.17) is 4.74 Å². The first kappa shape index (κ1) is 18.1. The van der Waals surface area contributed by atoms with Crippen molar-refractivity contribution in [2.24, 2.45) is 0 Å². The van der Waals surface area contributed by atoms with Crippen molar-refractivity contribution in [1.29, 1.82) is 0 Å². The molecule has 0 aliphatic heterocycles. The van der Waals surface area contributed by atoms with Crippen molar-refractivity contribution in [3.05, 3.63) is 64.7 Å². The molecule has 1 amide bonds. The number of nitrogens with one attached hydrogen (secondary N) is 1. The van der Waals surface area contributed by atoms with E-state index in [0.29, 0.717) is 6.42 Å². The van der Waals surface area contributed by atoms with Crippen molar-refractivity contribution < 1.29 is 9.53 Å². The van der Waals surface area contributed by atoms with Gasteiger partial charge in [-0.05, 0) is 62.9 Å². The predicted molar refractivity (Wildman–Crippen MR) is 98.4 cm³/mol. The molecule has 0 fully saturated rings. The zero-order chi connectivity index (χ0) is 17.7. The van der Waals surface area contributed by atoms with Crippen LogP contribution < -0.4 is 10.1 Å². The molecule has 0 saturated heterocycles. The van der Waals surface area contributed by atoms with Crippen molar-refractivity contribution in [3.63, 3.8) is 0 Å². The first-order valence-electron chi connectivity index (χ1n) is 8.51. The van der Waals surface area contributed by atoms with Crippen LogP contribution in [0.4, 0.5) is 0 Å². The van der Waals surface area contributed by atoms with E-state index in [9.17, 15) is 4.79 Å². The minimum Gasteiger partial charge on any atom is -0.481 e. The highest BCUT2D eigenvalue weighted by Crippen LogP contribution is 2.18. The molecule has 0 aromatic heterocycles. The molecular formula is C21H27NO2. The fraction of sp³-hybridized carbons (Fsp3) is 0.381. The van der Waals surface area contributed by atoms with Gasteiger partial charge in [0.2, 0.25) is 0 Å². The summed E-state index contributed by atoms with van der Waals surface area (Å²) in [5.74, 6) is 0.644. The van der Waals surface area contributed by atoms with Gasteiger partial charge >= 0.3 is 0 Å². The number of carbonyl (C=O) groups excluding carboxylic acids is 1. The predicted octanol–water partition coefficient (Wildman–Crippen LogP) is 4.65. The third kappa shape index (κ3) is 4.60. The Hall–Kier alpha value is -2.29. The molecule has 0 bridgehead atoms. The Morgan fingerprint density at radius 2 is 1.71 bits per heavy atom. The molecular weight excluding hydrogens is 298 g/mol. The highest BCUT2D eigenvalue weighted by Gasteiger charge is 2.20. The van der Waals surface area contributed by atoms with Gasteiger partial charge in [-0.2, -0.15) is 0 Å². The number of rotatable bonds is 6. The van der Waals surface area contributed by atoms with E-state index in [1.807, 2.05) is 45.0 Å². The Kier molecular flexibility index (Phi) is 6.02. The van der Waals surface area contributed by atoms with Crippen LogP contribution in [0.3, 0.4) is 0 Å². The first-order valence-corrected chi connectivity index (χ1v) is 8.51. The monoisotopic (exact) mass is 325 g/mol. The Labute approximate surface area is 145 Å². The van der Waals surface area contributed by atoms with E-state index in [1.54, 1.807) is 0 Å². The van der Waals surface area contributed by atoms with E-state index in [2.05, 4.69) is 37.4 Å². The van der Waals surface area contributed by atoms with Crippen LogP contribution >= 0.6 is 0 Å². The number of amides is 1. The number of carbonyl (C=O) groups is 1. The Balaban J connectivity index is 2.02. The molecule has 0 spiro atoms. The maximum atomic E-state index is 12.5. The third-order valence-electron chi connectivity index (χ3n) is 4.35. The van der Waals surface area contributed by atoms with Crippen molar-refractivity contribution in [2.75, 3.05) is 0 Å². The van der Waals surface area contributed by atoms with E-state index in [-0.39, 0.29) is 11.9 Å². The third-order valence-corrected chi connectivity index (χ3v) is 4.35. The minimum absolute atomic E-state index is 0.0486. The summed E-state index contributed by atoms with van der Waals surface area (Å²) in [7, 11) is 0. The fourth-order valence-corrected chi connectivity index (χ4v) is 2.53. The summed E-state index contributed by atoms with van der Waals surface area (Å²) in [6.07, 6.45) is 0.140. The van der Waals surface area contributed by atoms with Gasteiger partial charge in [0.25, 0.3) is 5.91 Å². The molecule has 0 radical (unpaired) electrons. The van der Waals surface area contributed by atoms with Crippen LogP contribution in [0.2, 0.25) is 0 Å². The lowest BCUT2D eigenvalue weighted by Gasteiger charge is -2.21. The molecule has 2 atom stereocenters. The molecule has 0 unspecified atom stereocenters. The summed E-state index contributed by atoms with van der Waals surface area (Å²) in [5.41, 5.74) is 4.77. The van der Waals surface area contributed by atoms with Crippen molar-refractivity contribution in [3.8, 4) is 5.75 Å². The molecule has 0 aliphatic rings. The van der Waals surface area contributed by atoms with Crippen LogP contribution in [0, 0.1) is 20.8 Å². The smallest absolute Gasteiger partial charge is 0.261 e. The van der Waals surface area contributed by atoms with Gasteiger partial charge < -0.3 is 10.1 Å². The van der Waals surface area contributed by atoms with Crippen LogP contribution in [0.15, 0.2) is 42.5 Å². The van der Waals surface area contributed by atoms with Gasteiger partial charge in [-0.3, -0.25) is 4.79 Å². The molecule has 3 heteroatoms. The normalized spacial score (nSPS) is 13.2. The number of aryl methyl sites for hydroxylation is 3. The van der Waals surface area contributed by atoms with Gasteiger partial charge in [0.1, 0.15) is 5.75 Å². The average Bonchev–Trinajstić information content (AvgIpc) is 2.56. The summed E-state index contributed by atoms with van der Waals surface area (Å²) in [5, 5.41) is 3.06. The van der Waals surface area contributed by atoms with Gasteiger partial charge in [0, 0.05) is 0 Å². The molecule has 2 rings (SSSR count). The van der Waals surface area contributed by atoms with Gasteiger partial charge in [0.15, 0.2) is 6.10 Å². The topological polar surface area (TPSA) is 38.3 Å². The lowest BCUT2D eigenvalue weighted by atomic mass is 10.0. The molecule has 2 aromatic rings. The van der Waals surface area contributed by atoms with Crippen LogP contribution in [-0.2, 0) is 4.79 Å². The highest BCUT2D eigenvalue weighted by atomic mass is 16.5. The average molecular weight is 325 g/mol. The lowest BCUT2D eigenvalue weighted by molar-refractivity contribution is -0.128. The van der Waals surface area contributed by atoms with Crippen molar-refractivity contribution in [2.45, 2.75) is 53.2 Å². The Morgan fingerprint density at radius 1 is 1.04 bits per heavy atom. The van der Waals surface area contributed by atoms with E-state index < -0.39 is 6.10 Å². The zero-order valence-electron chi connectivity index (χ0n) is 15.2. The van der Waals surface area contributed by atoms with Gasteiger partial charge in [-0.1, -0.05) is 42.8 Å². The summed E-state index contributed by atoms with van der Waals surface area (Å²) < 4.78 is 5.85. The van der Waals surface area contributed by atoms with E-state index >= 15 is 0 Å². The van der Waals surface area contributed by atoms with Crippen LogP contribution in [-0.4, -0.2) is 12.0 Å². The molecule has 1 N–H and O–H groups in total. The highest BCUT2D eigenvalue weighted by molar-refractivity contribution is 5.81. The second kappa shape index (κ2) is 8.00. The van der Waals surface area contributed by atoms with E-state index in [0.717, 1.165) is 11.3 Å². The number of hydrogen-bond donors (Lipinski definition) is 1. The zero-order valence-corrected chi connectivity index (χ0v) is 15.2. The molecule has 0 saturated carbocycles. The molecule has 2 aromatic carbocycles. The summed E-state index contributed by atoms with van der Waals surface area (Å²) in [6.45, 7) is 10.2. The summed E-state index contributed by atoms with van der Waals surface area (Å²) in [6, 6.07) is 14.0. The molecule has 0 aliphatic carbocycles. The molecule has 0 heterocycles. The maximum Gasteiger partial charge on any atom is 0.261 e. The van der Waals surface area contributed by atoms with Crippen LogP contribution in [0.25, 0.3) is 0 Å². The second-order valence-corrected chi connectivity index (χ2v) is 6.40. The standard InChI is InChI=1S/C21H27NO2/c1-6-20(24-19-11-7-14(2)8-12-19)21(23)22-17(5)18-10-9-15(3)16(4)13-18/h7-13,17,20H,6H2,1-5H3,(H,22,23)/t17-,20-/m1/s1. The largest absolute Gasteiger partial charge is 0.481 e. The molecule has 24 heavy (non-hydrogen) atoms. The second-order valence-electron chi connectivity index (χ2n) is 6.40. The lowest BCUT2D eigenvalue weighted by Crippen LogP contribution is -2.39. The maximum absolute atomic E-state index is 12.5. The summed E-state index contributed by atoms with van der Waals surface area (Å²) >= 11 is 0. The number of ether oxygens (including phenoxy) is 1. The van der Waals surface area contributed by atoms with Crippen LogP contribution in [0.1, 0.15) is 48.6 Å². The quantitative estimate of drug-likeness (QED) is 0.840. The van der Waals surface area contributed by atoms with Crippen LogP contribution in [0.5, 0.6) is 5.75 Å². The fourth-order valence-electron chi connectivity index (χ4n) is 2.53. The minimum atomic E-state index is -0.485. The van der Waals surface area contributed by atoms with Gasteiger partial charge in [0.05, 0.1) is 6.04 Å². The van der Waals surface area contributed by atoms with Gasteiger partial charge in [-0.25, -0.2) is 0 Å². The van der Waals surface area contributed by atoms with Crippen molar-refractivity contribution >= 4 is 5.91 Å². The first-order chi connectivity index (χ1) is 11.4. The van der Waals surface area contributed by atoms with Crippen molar-refractivity contribution in [1.82, 2.24) is 5.32 Å². The Bertz CT molecular complexity index is 691. The van der Waals surface area contributed by atoms with Gasteiger partial charge in [-0.15, -0.1) is 0 Å². The number of benzene rings is 2. The Morgan fingerprint density at radius 3 is 2.29 bits per heavy atom. The number of hydrogen-bond acceptors (Lipinski definition) is 2. The molecule has 3 nitrogen and oxygen atoms in total. The molecule has 128 valence electrons. The SMILES string of the molecule is CC[C@@H](Oc1ccc(C)cc1)C(=O)N[C@H](C)c1ccc(C)c(C)c1. The van der Waals surface area contributed by atoms with E-state index in [1.165, 1.54) is 16.7 Å².